The minimum Gasteiger partial charge on any atom is -0.477 e. The Labute approximate surface area is 210 Å². The summed E-state index contributed by atoms with van der Waals surface area (Å²) in [6, 6.07) is 15.2. The maximum absolute atomic E-state index is 13.5. The van der Waals surface area contributed by atoms with Crippen LogP contribution in [0.2, 0.25) is 0 Å². The van der Waals surface area contributed by atoms with E-state index in [1.54, 1.807) is 4.90 Å². The van der Waals surface area contributed by atoms with Crippen molar-refractivity contribution in [3.63, 3.8) is 0 Å². The Kier molecular flexibility index (Phi) is 6.35. The van der Waals surface area contributed by atoms with Gasteiger partial charge in [0.2, 0.25) is 5.91 Å². The van der Waals surface area contributed by atoms with E-state index in [0.717, 1.165) is 48.1 Å². The number of hydrogen-bond acceptors (Lipinski definition) is 4. The molecule has 1 fully saturated rings. The highest BCUT2D eigenvalue weighted by atomic mass is 16.4. The quantitative estimate of drug-likeness (QED) is 0.366. The molecule has 2 N–H and O–H groups in total. The molecule has 36 heavy (non-hydrogen) atoms. The maximum Gasteiger partial charge on any atom is 0.341 e. The molecule has 0 atom stereocenters. The number of para-hydroxylation sites is 2. The predicted octanol–water partition coefficient (Wildman–Crippen LogP) is 5.68. The summed E-state index contributed by atoms with van der Waals surface area (Å²) in [5.74, 6) is 0.336. The summed E-state index contributed by atoms with van der Waals surface area (Å²) in [4.78, 5) is 35.2. The third-order valence-electron chi connectivity index (χ3n) is 7.07. The van der Waals surface area contributed by atoms with Gasteiger partial charge in [0.15, 0.2) is 5.82 Å². The van der Waals surface area contributed by atoms with Gasteiger partial charge in [-0.05, 0) is 81.8 Å². The summed E-state index contributed by atoms with van der Waals surface area (Å²) in [7, 11) is 0. The van der Waals surface area contributed by atoms with Gasteiger partial charge < -0.3 is 10.1 Å². The van der Waals surface area contributed by atoms with E-state index in [2.05, 4.69) is 22.0 Å². The van der Waals surface area contributed by atoms with Gasteiger partial charge in [-0.3, -0.25) is 9.69 Å². The number of carboxylic acids is 1. The highest BCUT2D eigenvalue weighted by molar-refractivity contribution is 6.01. The molecule has 8 nitrogen and oxygen atoms in total. The number of benzene rings is 2. The van der Waals surface area contributed by atoms with Crippen LogP contribution in [-0.2, 0) is 4.79 Å². The Balaban J connectivity index is 1.46. The molecule has 186 valence electrons. The first-order chi connectivity index (χ1) is 17.3. The lowest BCUT2D eigenvalue weighted by Gasteiger charge is -2.32. The van der Waals surface area contributed by atoms with Gasteiger partial charge in [0.25, 0.3) is 0 Å². The van der Waals surface area contributed by atoms with Crippen molar-refractivity contribution in [3.05, 3.63) is 60.3 Å². The summed E-state index contributed by atoms with van der Waals surface area (Å²) in [5.41, 5.74) is 3.48. The van der Waals surface area contributed by atoms with Crippen molar-refractivity contribution in [2.75, 3.05) is 4.90 Å². The number of hydrogen-bond donors (Lipinski definition) is 2. The monoisotopic (exact) mass is 485 g/mol. The fraction of sp³-hybridized carbons (Fsp3) is 0.357. The molecule has 1 saturated carbocycles. The van der Waals surface area contributed by atoms with E-state index in [-0.39, 0.29) is 29.2 Å². The van der Waals surface area contributed by atoms with Crippen LogP contribution in [0.1, 0.15) is 56.8 Å². The molecule has 4 aromatic rings. The number of nitrogens with zero attached hydrogens (tertiary/aromatic N) is 4. The average molecular weight is 486 g/mol. The van der Waals surface area contributed by atoms with E-state index < -0.39 is 5.97 Å². The van der Waals surface area contributed by atoms with Crippen molar-refractivity contribution >= 4 is 28.7 Å². The van der Waals surface area contributed by atoms with Gasteiger partial charge in [-0.25, -0.2) is 14.5 Å². The molecule has 2 aromatic heterocycles. The Bertz CT molecular complexity index is 1360. The van der Waals surface area contributed by atoms with Crippen LogP contribution in [0.25, 0.3) is 28.1 Å². The zero-order valence-electron chi connectivity index (χ0n) is 20.8. The minimum absolute atomic E-state index is 0.0163. The smallest absolute Gasteiger partial charge is 0.341 e. The molecule has 0 aliphatic heterocycles. The van der Waals surface area contributed by atoms with Crippen LogP contribution in [-0.4, -0.2) is 42.8 Å². The van der Waals surface area contributed by atoms with Crippen molar-refractivity contribution in [2.45, 2.75) is 52.5 Å². The highest BCUT2D eigenvalue weighted by Gasteiger charge is 2.34. The van der Waals surface area contributed by atoms with Gasteiger partial charge in [-0.1, -0.05) is 19.1 Å². The van der Waals surface area contributed by atoms with Crippen LogP contribution < -0.4 is 4.90 Å². The summed E-state index contributed by atoms with van der Waals surface area (Å²) in [6.07, 6.45) is 5.17. The van der Waals surface area contributed by atoms with Crippen molar-refractivity contribution in [1.82, 2.24) is 19.7 Å². The molecule has 1 aliphatic rings. The number of anilines is 1. The van der Waals surface area contributed by atoms with Crippen molar-refractivity contribution in [1.29, 1.82) is 0 Å². The maximum atomic E-state index is 13.5. The number of carbonyl (C=O) groups is 2. The van der Waals surface area contributed by atoms with Crippen LogP contribution in [0.15, 0.2) is 54.7 Å². The third-order valence-corrected chi connectivity index (χ3v) is 7.07. The van der Waals surface area contributed by atoms with E-state index in [4.69, 9.17) is 0 Å². The molecule has 0 saturated heterocycles. The normalized spacial score (nSPS) is 18.0. The van der Waals surface area contributed by atoms with Crippen molar-refractivity contribution in [3.8, 4) is 17.1 Å². The fourth-order valence-electron chi connectivity index (χ4n) is 4.99. The van der Waals surface area contributed by atoms with E-state index >= 15 is 0 Å². The van der Waals surface area contributed by atoms with Crippen LogP contribution in [0.3, 0.4) is 0 Å². The SMILES string of the molecule is CC(C)N(c1nn(-c2ccc(-c3nc4ccccc4[nH]3)cc2)cc1C(=O)O)C(=O)[C@H]1CC[C@H](C)CC1. The molecule has 0 bridgehead atoms. The molecular formula is C28H31N5O3. The lowest BCUT2D eigenvalue weighted by Crippen LogP contribution is -2.43. The van der Waals surface area contributed by atoms with E-state index in [9.17, 15) is 14.7 Å². The lowest BCUT2D eigenvalue weighted by molar-refractivity contribution is -0.124. The molecular weight excluding hydrogens is 454 g/mol. The van der Waals surface area contributed by atoms with Crippen molar-refractivity contribution < 1.29 is 14.7 Å². The van der Waals surface area contributed by atoms with Gasteiger partial charge >= 0.3 is 5.97 Å². The minimum atomic E-state index is -1.11. The summed E-state index contributed by atoms with van der Waals surface area (Å²) < 4.78 is 1.53. The molecule has 2 heterocycles. The molecule has 0 unspecified atom stereocenters. The summed E-state index contributed by atoms with van der Waals surface area (Å²) in [5, 5.41) is 14.6. The number of amides is 1. The first kappa shape index (κ1) is 23.8. The molecule has 1 aliphatic carbocycles. The summed E-state index contributed by atoms with van der Waals surface area (Å²) in [6.45, 7) is 6.01. The van der Waals surface area contributed by atoms with Crippen LogP contribution in [0, 0.1) is 11.8 Å². The van der Waals surface area contributed by atoms with Crippen molar-refractivity contribution in [2.24, 2.45) is 11.8 Å². The van der Waals surface area contributed by atoms with Crippen LogP contribution >= 0.6 is 0 Å². The second kappa shape index (κ2) is 9.60. The Hall–Kier alpha value is -3.94. The molecule has 0 spiro atoms. The summed E-state index contributed by atoms with van der Waals surface area (Å²) >= 11 is 0. The first-order valence-electron chi connectivity index (χ1n) is 12.5. The largest absolute Gasteiger partial charge is 0.477 e. The molecule has 5 rings (SSSR count). The Morgan fingerprint density at radius 1 is 1.06 bits per heavy atom. The first-order valence-corrected chi connectivity index (χ1v) is 12.5. The van der Waals surface area contributed by atoms with Gasteiger partial charge in [0.1, 0.15) is 11.4 Å². The average Bonchev–Trinajstić information content (AvgIpc) is 3.49. The number of aromatic nitrogens is 4. The lowest BCUT2D eigenvalue weighted by atomic mass is 9.82. The number of H-pyrrole nitrogens is 1. The van der Waals surface area contributed by atoms with Crippen LogP contribution in [0.4, 0.5) is 5.82 Å². The fourth-order valence-corrected chi connectivity index (χ4v) is 4.99. The van der Waals surface area contributed by atoms with Gasteiger partial charge in [-0.2, -0.15) is 0 Å². The molecule has 8 heteroatoms. The van der Waals surface area contributed by atoms with E-state index in [0.29, 0.717) is 11.6 Å². The number of fused-ring (bicyclic) bond motifs is 1. The molecule has 0 radical (unpaired) electrons. The number of carbonyl (C=O) groups excluding carboxylic acids is 1. The van der Waals surface area contributed by atoms with E-state index in [1.165, 1.54) is 10.9 Å². The zero-order valence-corrected chi connectivity index (χ0v) is 20.8. The highest BCUT2D eigenvalue weighted by Crippen LogP contribution is 2.33. The number of rotatable bonds is 6. The Morgan fingerprint density at radius 3 is 2.39 bits per heavy atom. The number of nitrogens with one attached hydrogen (secondary N) is 1. The van der Waals surface area contributed by atoms with Gasteiger partial charge in [0, 0.05) is 23.7 Å². The standard InChI is InChI=1S/C28H31N5O3/c1-17(2)33(27(34)20-10-8-18(3)9-11-20)26-22(28(35)36)16-32(31-26)21-14-12-19(13-15-21)25-29-23-6-4-5-7-24(23)30-25/h4-7,12-18,20H,8-11H2,1-3H3,(H,29,30)(H,35,36)/t18-,20-. The number of imidazole rings is 1. The number of aromatic carboxylic acids is 1. The topological polar surface area (TPSA) is 104 Å². The molecule has 1 amide bonds. The Morgan fingerprint density at radius 2 is 1.75 bits per heavy atom. The second-order valence-corrected chi connectivity index (χ2v) is 10.0. The predicted molar refractivity (Wildman–Crippen MR) is 139 cm³/mol. The number of carboxylic acid groups (broad SMARTS) is 1. The third kappa shape index (κ3) is 4.51. The second-order valence-electron chi connectivity index (χ2n) is 10.0. The van der Waals surface area contributed by atoms with Crippen LogP contribution in [0.5, 0.6) is 0 Å². The zero-order chi connectivity index (χ0) is 25.4. The number of aromatic amines is 1. The van der Waals surface area contributed by atoms with Gasteiger partial charge in [0.05, 0.1) is 16.7 Å². The van der Waals surface area contributed by atoms with E-state index in [1.807, 2.05) is 62.4 Å². The van der Waals surface area contributed by atoms with Gasteiger partial charge in [-0.15, -0.1) is 5.10 Å². The molecule has 2 aromatic carbocycles.